The van der Waals surface area contributed by atoms with Gasteiger partial charge in [0.2, 0.25) is 0 Å². The lowest BCUT2D eigenvalue weighted by atomic mass is 10.2. The van der Waals surface area contributed by atoms with E-state index >= 15 is 0 Å². The third-order valence-electron chi connectivity index (χ3n) is 3.67. The normalized spacial score (nSPS) is 11.6. The molecule has 0 fully saturated rings. The van der Waals surface area contributed by atoms with Gasteiger partial charge in [0.15, 0.2) is 15.5 Å². The Labute approximate surface area is 139 Å². The second-order valence-electron chi connectivity index (χ2n) is 5.55. The van der Waals surface area contributed by atoms with Crippen LogP contribution in [-0.2, 0) is 16.9 Å². The summed E-state index contributed by atoms with van der Waals surface area (Å²) in [6.07, 6.45) is 2.63. The number of aromatic nitrogens is 3. The molecule has 0 aliphatic rings. The molecule has 8 heteroatoms. The molecule has 0 saturated carbocycles. The zero-order valence-corrected chi connectivity index (χ0v) is 14.3. The predicted octanol–water partition coefficient (Wildman–Crippen LogP) is 1.93. The smallest absolute Gasteiger partial charge is 0.257 e. The van der Waals surface area contributed by atoms with E-state index in [-0.39, 0.29) is 10.8 Å². The van der Waals surface area contributed by atoms with Crippen molar-refractivity contribution in [3.8, 4) is 0 Å². The number of rotatable bonds is 3. The van der Waals surface area contributed by atoms with E-state index in [4.69, 9.17) is 0 Å². The molecule has 7 nitrogen and oxygen atoms in total. The minimum atomic E-state index is -3.26. The lowest BCUT2D eigenvalue weighted by Gasteiger charge is -2.06. The fourth-order valence-corrected chi connectivity index (χ4v) is 3.05. The first-order valence-corrected chi connectivity index (χ1v) is 9.05. The van der Waals surface area contributed by atoms with Gasteiger partial charge in [0, 0.05) is 30.6 Å². The van der Waals surface area contributed by atoms with Crippen LogP contribution >= 0.6 is 0 Å². The zero-order chi connectivity index (χ0) is 17.5. The Hall–Kier alpha value is -2.74. The number of anilines is 1. The van der Waals surface area contributed by atoms with Gasteiger partial charge in [0.25, 0.3) is 5.91 Å². The average Bonchev–Trinajstić information content (AvgIpc) is 2.81. The van der Waals surface area contributed by atoms with Crippen LogP contribution in [0.15, 0.2) is 41.4 Å². The van der Waals surface area contributed by atoms with Crippen molar-refractivity contribution in [3.05, 3.63) is 47.8 Å². The molecule has 24 heavy (non-hydrogen) atoms. The molecule has 2 aromatic heterocycles. The Morgan fingerprint density at radius 1 is 1.21 bits per heavy atom. The van der Waals surface area contributed by atoms with Gasteiger partial charge in [-0.1, -0.05) is 0 Å². The fraction of sp³-hybridized carbons (Fsp3) is 0.188. The Balaban J connectivity index is 1.86. The molecule has 1 aromatic carbocycles. The number of carbonyl (C=O) groups is 1. The van der Waals surface area contributed by atoms with Crippen molar-refractivity contribution >= 4 is 32.5 Å². The number of hydrogen-bond donors (Lipinski definition) is 1. The van der Waals surface area contributed by atoms with Gasteiger partial charge in [-0.25, -0.2) is 13.4 Å². The van der Waals surface area contributed by atoms with Crippen molar-refractivity contribution in [2.75, 3.05) is 11.6 Å². The highest BCUT2D eigenvalue weighted by atomic mass is 32.2. The summed E-state index contributed by atoms with van der Waals surface area (Å²) in [6.45, 7) is 1.86. The molecule has 1 amide bonds. The second kappa shape index (κ2) is 5.72. The molecular formula is C16H16N4O3S. The van der Waals surface area contributed by atoms with Crippen molar-refractivity contribution in [2.45, 2.75) is 11.8 Å². The molecule has 0 bridgehead atoms. The highest BCUT2D eigenvalue weighted by Crippen LogP contribution is 2.18. The molecule has 0 unspecified atom stereocenters. The largest absolute Gasteiger partial charge is 0.322 e. The van der Waals surface area contributed by atoms with E-state index in [0.717, 1.165) is 17.3 Å². The van der Waals surface area contributed by atoms with Crippen LogP contribution in [0.25, 0.3) is 11.0 Å². The van der Waals surface area contributed by atoms with Gasteiger partial charge in [-0.15, -0.1) is 0 Å². The lowest BCUT2D eigenvalue weighted by Crippen LogP contribution is -2.12. The number of hydrogen-bond acceptors (Lipinski definition) is 5. The van der Waals surface area contributed by atoms with Crippen molar-refractivity contribution in [1.29, 1.82) is 0 Å². The Morgan fingerprint density at radius 3 is 2.50 bits per heavy atom. The van der Waals surface area contributed by atoms with Crippen molar-refractivity contribution in [3.63, 3.8) is 0 Å². The summed E-state index contributed by atoms with van der Waals surface area (Å²) in [6, 6.07) is 7.76. The first-order chi connectivity index (χ1) is 11.3. The predicted molar refractivity (Wildman–Crippen MR) is 90.8 cm³/mol. The standard InChI is InChI=1S/C16H16N4O3S/c1-10-14-8-11(9-17-15(14)20(2)19-10)16(21)18-12-4-6-13(7-5-12)24(3,22)23/h4-9H,1-3H3,(H,18,21). The van der Waals surface area contributed by atoms with Crippen LogP contribution < -0.4 is 5.32 Å². The monoisotopic (exact) mass is 344 g/mol. The van der Waals surface area contributed by atoms with Crippen LogP contribution in [0, 0.1) is 6.92 Å². The number of nitrogens with zero attached hydrogens (tertiary/aromatic N) is 3. The molecule has 2 heterocycles. The minimum Gasteiger partial charge on any atom is -0.322 e. The zero-order valence-electron chi connectivity index (χ0n) is 13.4. The number of pyridine rings is 1. The SMILES string of the molecule is Cc1nn(C)c2ncc(C(=O)Nc3ccc(S(C)(=O)=O)cc3)cc12. The summed E-state index contributed by atoms with van der Waals surface area (Å²) in [4.78, 5) is 16.8. The summed E-state index contributed by atoms with van der Waals surface area (Å²) in [7, 11) is -1.46. The summed E-state index contributed by atoms with van der Waals surface area (Å²) >= 11 is 0. The molecule has 0 atom stereocenters. The van der Waals surface area contributed by atoms with E-state index in [2.05, 4.69) is 15.4 Å². The summed E-state index contributed by atoms with van der Waals surface area (Å²) in [5.74, 6) is -0.320. The van der Waals surface area contributed by atoms with E-state index in [9.17, 15) is 13.2 Å². The molecule has 124 valence electrons. The van der Waals surface area contributed by atoms with Gasteiger partial charge in [-0.3, -0.25) is 9.48 Å². The van der Waals surface area contributed by atoms with Crippen molar-refractivity contribution in [1.82, 2.24) is 14.8 Å². The third-order valence-corrected chi connectivity index (χ3v) is 4.79. The Morgan fingerprint density at radius 2 is 1.88 bits per heavy atom. The maximum atomic E-state index is 12.4. The van der Waals surface area contributed by atoms with Crippen LogP contribution in [0.1, 0.15) is 16.1 Å². The highest BCUT2D eigenvalue weighted by Gasteiger charge is 2.12. The quantitative estimate of drug-likeness (QED) is 0.783. The van der Waals surface area contributed by atoms with E-state index in [1.54, 1.807) is 29.9 Å². The molecule has 0 aliphatic carbocycles. The number of carbonyl (C=O) groups excluding carboxylic acids is 1. The Bertz CT molecular complexity index is 1040. The second-order valence-corrected chi connectivity index (χ2v) is 7.57. The minimum absolute atomic E-state index is 0.203. The van der Waals surface area contributed by atoms with Gasteiger partial charge in [0.1, 0.15) is 0 Å². The van der Waals surface area contributed by atoms with Crippen LogP contribution in [-0.4, -0.2) is 35.3 Å². The number of sulfone groups is 1. The van der Waals surface area contributed by atoms with Crippen molar-refractivity contribution in [2.24, 2.45) is 7.05 Å². The van der Waals surface area contributed by atoms with E-state index in [0.29, 0.717) is 16.9 Å². The van der Waals surface area contributed by atoms with E-state index in [1.165, 1.54) is 18.3 Å². The first-order valence-electron chi connectivity index (χ1n) is 7.16. The van der Waals surface area contributed by atoms with Crippen LogP contribution in [0.3, 0.4) is 0 Å². The number of nitrogens with one attached hydrogen (secondary N) is 1. The molecule has 0 aliphatic heterocycles. The number of fused-ring (bicyclic) bond motifs is 1. The lowest BCUT2D eigenvalue weighted by molar-refractivity contribution is 0.102. The van der Waals surface area contributed by atoms with Crippen molar-refractivity contribution < 1.29 is 13.2 Å². The molecule has 1 N–H and O–H groups in total. The molecule has 3 rings (SSSR count). The average molecular weight is 344 g/mol. The van der Waals surface area contributed by atoms with Crippen LogP contribution in [0.2, 0.25) is 0 Å². The maximum absolute atomic E-state index is 12.4. The molecular weight excluding hydrogens is 328 g/mol. The number of amides is 1. The van der Waals surface area contributed by atoms with Gasteiger partial charge in [0.05, 0.1) is 16.2 Å². The maximum Gasteiger partial charge on any atom is 0.257 e. The molecule has 0 saturated heterocycles. The topological polar surface area (TPSA) is 93.9 Å². The summed E-state index contributed by atoms with van der Waals surface area (Å²) in [5, 5.41) is 7.82. The number of aryl methyl sites for hydroxylation is 2. The molecule has 0 spiro atoms. The number of benzene rings is 1. The Kier molecular flexibility index (Phi) is 3.84. The highest BCUT2D eigenvalue weighted by molar-refractivity contribution is 7.90. The van der Waals surface area contributed by atoms with Crippen LogP contribution in [0.4, 0.5) is 5.69 Å². The van der Waals surface area contributed by atoms with E-state index < -0.39 is 9.84 Å². The first kappa shape index (κ1) is 16.1. The fourth-order valence-electron chi connectivity index (χ4n) is 2.42. The summed E-state index contributed by atoms with van der Waals surface area (Å²) in [5.41, 5.74) is 2.43. The van der Waals surface area contributed by atoms with E-state index in [1.807, 2.05) is 6.92 Å². The molecule has 3 aromatic rings. The van der Waals surface area contributed by atoms with Gasteiger partial charge in [-0.05, 0) is 37.3 Å². The summed E-state index contributed by atoms with van der Waals surface area (Å²) < 4.78 is 24.5. The van der Waals surface area contributed by atoms with Gasteiger partial charge in [-0.2, -0.15) is 5.10 Å². The third kappa shape index (κ3) is 3.00. The van der Waals surface area contributed by atoms with Gasteiger partial charge >= 0.3 is 0 Å². The van der Waals surface area contributed by atoms with Gasteiger partial charge < -0.3 is 5.32 Å². The van der Waals surface area contributed by atoms with Crippen LogP contribution in [0.5, 0.6) is 0 Å². The molecule has 0 radical (unpaired) electrons.